The molecule has 116 valence electrons. The van der Waals surface area contributed by atoms with Gasteiger partial charge in [0.25, 0.3) is 0 Å². The Balaban J connectivity index is 0.00000361. The molecular weight excluding hydrogens is 363 g/mol. The number of rotatable bonds is 6. The van der Waals surface area contributed by atoms with Gasteiger partial charge in [0.15, 0.2) is 5.96 Å². The molecule has 4 nitrogen and oxygen atoms in total. The quantitative estimate of drug-likeness (QED) is 0.239. The fraction of sp³-hybridized carbons (Fsp3) is 0.800. The Hall–Kier alpha value is -0.480. The van der Waals surface area contributed by atoms with Gasteiger partial charge >= 0.3 is 0 Å². The van der Waals surface area contributed by atoms with Crippen LogP contribution in [0.2, 0.25) is 0 Å². The van der Waals surface area contributed by atoms with Gasteiger partial charge in [-0.2, -0.15) is 0 Å². The summed E-state index contributed by atoms with van der Waals surface area (Å²) in [5.41, 5.74) is 0. The van der Waals surface area contributed by atoms with Gasteiger partial charge < -0.3 is 15.5 Å². The lowest BCUT2D eigenvalue weighted by atomic mass is 10.0. The van der Waals surface area contributed by atoms with E-state index in [0.717, 1.165) is 38.1 Å². The summed E-state index contributed by atoms with van der Waals surface area (Å²) < 4.78 is 0. The number of hydrogen-bond donors (Lipinski definition) is 2. The summed E-state index contributed by atoms with van der Waals surface area (Å²) in [6, 6.07) is 0.741. The number of terminal acetylenes is 1. The Kier molecular flexibility index (Phi) is 12.0. The molecule has 0 aliphatic carbocycles. The summed E-state index contributed by atoms with van der Waals surface area (Å²) in [4.78, 5) is 7.12. The maximum absolute atomic E-state index is 5.24. The average molecular weight is 392 g/mol. The number of nitrogens with zero attached hydrogens (tertiary/aromatic N) is 2. The molecule has 1 aliphatic rings. The van der Waals surface area contributed by atoms with Gasteiger partial charge in [0.1, 0.15) is 0 Å². The molecule has 0 amide bonds. The van der Waals surface area contributed by atoms with Gasteiger partial charge in [-0.05, 0) is 39.7 Å². The van der Waals surface area contributed by atoms with Gasteiger partial charge in [0, 0.05) is 25.7 Å². The highest BCUT2D eigenvalue weighted by atomic mass is 127. The summed E-state index contributed by atoms with van der Waals surface area (Å²) in [7, 11) is 0. The fourth-order valence-electron chi connectivity index (χ4n) is 2.43. The van der Waals surface area contributed by atoms with Gasteiger partial charge in [-0.1, -0.05) is 12.3 Å². The first kappa shape index (κ1) is 19.5. The van der Waals surface area contributed by atoms with E-state index >= 15 is 0 Å². The Labute approximate surface area is 141 Å². The maximum atomic E-state index is 5.24. The molecule has 0 radical (unpaired) electrons. The molecule has 0 saturated carbocycles. The highest BCUT2D eigenvalue weighted by molar-refractivity contribution is 14.0. The van der Waals surface area contributed by atoms with Crippen LogP contribution in [-0.2, 0) is 0 Å². The van der Waals surface area contributed by atoms with Crippen LogP contribution in [0.25, 0.3) is 0 Å². The summed E-state index contributed by atoms with van der Waals surface area (Å²) >= 11 is 0. The zero-order chi connectivity index (χ0) is 13.9. The fourth-order valence-corrected chi connectivity index (χ4v) is 2.43. The van der Waals surface area contributed by atoms with Crippen molar-refractivity contribution < 1.29 is 0 Å². The standard InChI is InChI=1S/C15H28N4.HI/c1-4-10-17-15(16-5-2)18-11-8-13-19-12-7-6-9-14(19)3;/h1,14H,5-13H2,2-3H3,(H2,16,17,18);1H. The third-order valence-corrected chi connectivity index (χ3v) is 3.52. The molecule has 0 aromatic rings. The zero-order valence-corrected chi connectivity index (χ0v) is 15.2. The molecule has 1 unspecified atom stereocenters. The van der Waals surface area contributed by atoms with Gasteiger partial charge in [0.2, 0.25) is 0 Å². The Morgan fingerprint density at radius 1 is 1.40 bits per heavy atom. The van der Waals surface area contributed by atoms with Crippen LogP contribution < -0.4 is 10.6 Å². The van der Waals surface area contributed by atoms with Crippen molar-refractivity contribution in [1.29, 1.82) is 0 Å². The molecule has 0 aromatic heterocycles. The second kappa shape index (κ2) is 12.3. The van der Waals surface area contributed by atoms with Gasteiger partial charge in [-0.3, -0.25) is 4.99 Å². The van der Waals surface area contributed by atoms with Crippen molar-refractivity contribution in [2.75, 3.05) is 32.7 Å². The minimum atomic E-state index is 0. The van der Waals surface area contributed by atoms with Crippen LogP contribution in [0.15, 0.2) is 4.99 Å². The van der Waals surface area contributed by atoms with Crippen LogP contribution in [0.5, 0.6) is 0 Å². The third-order valence-electron chi connectivity index (χ3n) is 3.52. The number of piperidine rings is 1. The predicted molar refractivity (Wildman–Crippen MR) is 97.7 cm³/mol. The molecule has 1 saturated heterocycles. The van der Waals surface area contributed by atoms with Crippen molar-refractivity contribution >= 4 is 29.9 Å². The van der Waals surface area contributed by atoms with E-state index in [2.05, 4.69) is 40.3 Å². The maximum Gasteiger partial charge on any atom is 0.192 e. The monoisotopic (exact) mass is 392 g/mol. The molecule has 0 aromatic carbocycles. The molecule has 5 heteroatoms. The van der Waals surface area contributed by atoms with E-state index in [1.165, 1.54) is 25.8 Å². The van der Waals surface area contributed by atoms with Crippen LogP contribution >= 0.6 is 24.0 Å². The molecular formula is C15H29IN4. The molecule has 0 spiro atoms. The van der Waals surface area contributed by atoms with Crippen molar-refractivity contribution in [3.63, 3.8) is 0 Å². The van der Waals surface area contributed by atoms with Gasteiger partial charge in [-0.15, -0.1) is 30.4 Å². The number of aliphatic imine (C=N–C) groups is 1. The third kappa shape index (κ3) is 7.95. The highest BCUT2D eigenvalue weighted by Gasteiger charge is 2.16. The first-order chi connectivity index (χ1) is 9.27. The summed E-state index contributed by atoms with van der Waals surface area (Å²) in [5.74, 6) is 3.39. The van der Waals surface area contributed by atoms with E-state index < -0.39 is 0 Å². The zero-order valence-electron chi connectivity index (χ0n) is 12.8. The molecule has 1 heterocycles. The van der Waals surface area contributed by atoms with Crippen molar-refractivity contribution in [3.8, 4) is 12.3 Å². The van der Waals surface area contributed by atoms with E-state index in [9.17, 15) is 0 Å². The second-order valence-electron chi connectivity index (χ2n) is 5.05. The lowest BCUT2D eigenvalue weighted by Crippen LogP contribution is -2.39. The number of halogens is 1. The van der Waals surface area contributed by atoms with Crippen LogP contribution in [0.4, 0.5) is 0 Å². The van der Waals surface area contributed by atoms with Gasteiger partial charge in [-0.25, -0.2) is 0 Å². The summed E-state index contributed by atoms with van der Waals surface area (Å²) in [5, 5.41) is 6.30. The largest absolute Gasteiger partial charge is 0.357 e. The second-order valence-corrected chi connectivity index (χ2v) is 5.05. The lowest BCUT2D eigenvalue weighted by Gasteiger charge is -2.33. The molecule has 1 atom stereocenters. The lowest BCUT2D eigenvalue weighted by molar-refractivity contribution is 0.160. The average Bonchev–Trinajstić information content (AvgIpc) is 2.42. The van der Waals surface area contributed by atoms with E-state index in [1.807, 2.05) is 0 Å². The smallest absolute Gasteiger partial charge is 0.192 e. The van der Waals surface area contributed by atoms with Crippen molar-refractivity contribution in [1.82, 2.24) is 15.5 Å². The van der Waals surface area contributed by atoms with Crippen LogP contribution in [0.3, 0.4) is 0 Å². The number of hydrogen-bond acceptors (Lipinski definition) is 2. The first-order valence-electron chi connectivity index (χ1n) is 7.47. The number of guanidine groups is 1. The van der Waals surface area contributed by atoms with Crippen LogP contribution in [0, 0.1) is 12.3 Å². The Morgan fingerprint density at radius 2 is 2.20 bits per heavy atom. The molecule has 1 fully saturated rings. The Bertz CT molecular complexity index is 311. The molecule has 0 bridgehead atoms. The SMILES string of the molecule is C#CCNC(=NCCCN1CCCCC1C)NCC.I. The minimum absolute atomic E-state index is 0. The number of likely N-dealkylation sites (tertiary alicyclic amines) is 1. The van der Waals surface area contributed by atoms with Gasteiger partial charge in [0.05, 0.1) is 6.54 Å². The normalized spacial score (nSPS) is 19.9. The van der Waals surface area contributed by atoms with E-state index in [1.54, 1.807) is 0 Å². The summed E-state index contributed by atoms with van der Waals surface area (Å²) in [6.45, 7) is 9.03. The van der Waals surface area contributed by atoms with E-state index in [4.69, 9.17) is 6.42 Å². The Morgan fingerprint density at radius 3 is 2.85 bits per heavy atom. The number of nitrogens with one attached hydrogen (secondary N) is 2. The predicted octanol–water partition coefficient (Wildman–Crippen LogP) is 2.06. The topological polar surface area (TPSA) is 39.7 Å². The van der Waals surface area contributed by atoms with E-state index in [-0.39, 0.29) is 24.0 Å². The van der Waals surface area contributed by atoms with Crippen LogP contribution in [0.1, 0.15) is 39.5 Å². The molecule has 2 N–H and O–H groups in total. The molecule has 20 heavy (non-hydrogen) atoms. The molecule has 1 aliphatic heterocycles. The van der Waals surface area contributed by atoms with Crippen molar-refractivity contribution in [2.24, 2.45) is 4.99 Å². The first-order valence-corrected chi connectivity index (χ1v) is 7.47. The molecule has 1 rings (SSSR count). The van der Waals surface area contributed by atoms with Crippen molar-refractivity contribution in [2.45, 2.75) is 45.6 Å². The highest BCUT2D eigenvalue weighted by Crippen LogP contribution is 2.16. The van der Waals surface area contributed by atoms with E-state index in [0.29, 0.717) is 6.54 Å². The van der Waals surface area contributed by atoms with Crippen molar-refractivity contribution in [3.05, 3.63) is 0 Å². The minimum Gasteiger partial charge on any atom is -0.357 e. The summed E-state index contributed by atoms with van der Waals surface area (Å²) in [6.07, 6.45) is 10.4. The van der Waals surface area contributed by atoms with Crippen LogP contribution in [-0.4, -0.2) is 49.6 Å².